The number of hydrogen-bond donors (Lipinski definition) is 1. The van der Waals surface area contributed by atoms with Crippen LogP contribution in [0.4, 0.5) is 40.9 Å². The Morgan fingerprint density at radius 1 is 1.11 bits per heavy atom. The van der Waals surface area contributed by atoms with E-state index in [-0.39, 0.29) is 11.7 Å². The third-order valence-corrected chi connectivity index (χ3v) is 8.16. The van der Waals surface area contributed by atoms with Crippen molar-refractivity contribution in [2.75, 3.05) is 30.4 Å². The summed E-state index contributed by atoms with van der Waals surface area (Å²) >= 11 is 1.67. The van der Waals surface area contributed by atoms with Crippen molar-refractivity contribution < 1.29 is 44.7 Å². The number of ketones is 2. The van der Waals surface area contributed by atoms with E-state index >= 15 is 0 Å². The first-order valence-corrected chi connectivity index (χ1v) is 13.9. The van der Waals surface area contributed by atoms with Crippen LogP contribution in [0.3, 0.4) is 0 Å². The number of H-pyrrole nitrogens is 1. The molecule has 0 aromatic carbocycles. The van der Waals surface area contributed by atoms with Crippen molar-refractivity contribution >= 4 is 40.2 Å². The number of hydrogen-bond acceptors (Lipinski definition) is 8. The van der Waals surface area contributed by atoms with Gasteiger partial charge in [0, 0.05) is 48.1 Å². The Bertz CT molecular complexity index is 1660. The van der Waals surface area contributed by atoms with Gasteiger partial charge in [-0.15, -0.1) is 11.8 Å². The third-order valence-electron chi connectivity index (χ3n) is 7.12. The molecule has 1 N–H and O–H groups in total. The van der Waals surface area contributed by atoms with Gasteiger partial charge in [-0.1, -0.05) is 0 Å². The minimum absolute atomic E-state index is 0.00698. The van der Waals surface area contributed by atoms with E-state index in [9.17, 15) is 44.7 Å². The molecule has 0 amide bonds. The van der Waals surface area contributed by atoms with Gasteiger partial charge in [-0.2, -0.15) is 31.4 Å². The Balaban J connectivity index is 0.000000274. The second-order valence-corrected chi connectivity index (χ2v) is 11.0. The van der Waals surface area contributed by atoms with E-state index in [1.54, 1.807) is 28.7 Å². The van der Waals surface area contributed by atoms with Gasteiger partial charge in [-0.3, -0.25) is 14.3 Å². The lowest BCUT2D eigenvalue weighted by Gasteiger charge is -2.23. The smallest absolute Gasteiger partial charge is 0.354 e. The molecule has 4 aromatic rings. The standard InChI is InChI=1S/C22H21F2N7S.C4F6O2/c23-8-18(31-11-15(9-28-31)19-16-1-4-25-20(16)27-12-26-19)14-2-5-30(10-14)21-17(24)7-13-3-6-32-22(13)29-21;5-3(6,7)1(11)2(12)4(8,9)10/h1,4,7,9,11-12,14,18H,2-3,5-6,8,10H2,(H,25,26,27);/t14-,18?;/m0./s1. The summed E-state index contributed by atoms with van der Waals surface area (Å²) in [6.07, 6.45) is -3.06. The highest BCUT2D eigenvalue weighted by molar-refractivity contribution is 7.99. The number of nitrogens with one attached hydrogen (secondary N) is 1. The van der Waals surface area contributed by atoms with Gasteiger partial charge >= 0.3 is 23.9 Å². The fraction of sp³-hybridized carbons (Fsp3) is 0.385. The quantitative estimate of drug-likeness (QED) is 0.222. The third kappa shape index (κ3) is 6.39. The summed E-state index contributed by atoms with van der Waals surface area (Å²) in [5, 5.41) is 6.27. The predicted molar refractivity (Wildman–Crippen MR) is 141 cm³/mol. The highest BCUT2D eigenvalue weighted by Gasteiger charge is 2.54. The highest BCUT2D eigenvalue weighted by Crippen LogP contribution is 2.37. The number of Topliss-reactive ketones (excluding diaryl/α,β-unsaturated/α-hetero) is 2. The van der Waals surface area contributed by atoms with Crippen LogP contribution in [0.2, 0.25) is 0 Å². The molecule has 2 aliphatic heterocycles. The minimum Gasteiger partial charge on any atom is -0.354 e. The normalized spacial score (nSPS) is 17.4. The van der Waals surface area contributed by atoms with Crippen molar-refractivity contribution in [3.05, 3.63) is 48.4 Å². The van der Waals surface area contributed by atoms with Crippen LogP contribution in [-0.4, -0.2) is 79.2 Å². The first-order chi connectivity index (χ1) is 20.8. The number of pyridine rings is 1. The van der Waals surface area contributed by atoms with Crippen molar-refractivity contribution in [2.45, 2.75) is 36.3 Å². The van der Waals surface area contributed by atoms with Crippen LogP contribution < -0.4 is 4.90 Å². The van der Waals surface area contributed by atoms with Crippen LogP contribution in [0.15, 0.2) is 42.1 Å². The number of aryl methyl sites for hydroxylation is 1. The van der Waals surface area contributed by atoms with E-state index in [2.05, 4.69) is 25.0 Å². The monoisotopic (exact) mass is 647 g/mol. The predicted octanol–water partition coefficient (Wildman–Crippen LogP) is 5.29. The summed E-state index contributed by atoms with van der Waals surface area (Å²) in [7, 11) is 0. The van der Waals surface area contributed by atoms with Crippen LogP contribution in [0.25, 0.3) is 22.3 Å². The molecule has 234 valence electrons. The molecule has 1 saturated heterocycles. The van der Waals surface area contributed by atoms with E-state index in [0.29, 0.717) is 18.9 Å². The molecule has 0 radical (unpaired) electrons. The Morgan fingerprint density at radius 3 is 2.52 bits per heavy atom. The maximum Gasteiger partial charge on any atom is 0.458 e. The summed E-state index contributed by atoms with van der Waals surface area (Å²) in [6, 6.07) is 3.10. The number of rotatable bonds is 6. The summed E-state index contributed by atoms with van der Waals surface area (Å²) < 4.78 is 97.5. The molecule has 1 unspecified atom stereocenters. The minimum atomic E-state index is -5.77. The van der Waals surface area contributed by atoms with Crippen molar-refractivity contribution in [1.82, 2.24) is 29.7 Å². The van der Waals surface area contributed by atoms with Gasteiger partial charge in [0.05, 0.1) is 17.9 Å². The molecule has 18 heteroatoms. The van der Waals surface area contributed by atoms with Gasteiger partial charge in [0.25, 0.3) is 0 Å². The summed E-state index contributed by atoms with van der Waals surface area (Å²) in [5.74, 6) is -5.77. The SMILES string of the molecule is FCC([C@H]1CCN(c2nc3c(cc2F)CCS3)C1)n1cc(-c2ncnc3[nH]ccc23)cn1.O=C(C(=O)C(F)(F)F)C(F)(F)F. The van der Waals surface area contributed by atoms with E-state index in [4.69, 9.17) is 0 Å². The van der Waals surface area contributed by atoms with Crippen LogP contribution in [-0.2, 0) is 16.0 Å². The van der Waals surface area contributed by atoms with E-state index < -0.39 is 36.6 Å². The number of aromatic nitrogens is 6. The number of thioether (sulfide) groups is 1. The molecule has 6 rings (SSSR count). The summed E-state index contributed by atoms with van der Waals surface area (Å²) in [6.45, 7) is 0.657. The number of fused-ring (bicyclic) bond motifs is 2. The second-order valence-electron chi connectivity index (χ2n) is 9.90. The molecular formula is C26H21F8N7O2S. The van der Waals surface area contributed by atoms with E-state index in [1.165, 1.54) is 6.33 Å². The average molecular weight is 648 g/mol. The number of nitrogens with zero attached hydrogens (tertiary/aromatic N) is 6. The maximum atomic E-state index is 14.7. The molecule has 4 aromatic heterocycles. The van der Waals surface area contributed by atoms with Crippen molar-refractivity contribution in [3.63, 3.8) is 0 Å². The molecule has 2 atom stereocenters. The zero-order valence-electron chi connectivity index (χ0n) is 22.3. The largest absolute Gasteiger partial charge is 0.458 e. The molecule has 9 nitrogen and oxygen atoms in total. The molecule has 6 heterocycles. The number of aromatic amines is 1. The Labute approximate surface area is 247 Å². The van der Waals surface area contributed by atoms with Crippen molar-refractivity contribution in [2.24, 2.45) is 5.92 Å². The average Bonchev–Trinajstić information content (AvgIpc) is 3.78. The molecule has 0 saturated carbocycles. The molecule has 0 bridgehead atoms. The first kappa shape index (κ1) is 31.3. The van der Waals surface area contributed by atoms with E-state index in [0.717, 1.165) is 51.5 Å². The fourth-order valence-corrected chi connectivity index (χ4v) is 6.00. The summed E-state index contributed by atoms with van der Waals surface area (Å²) in [4.78, 5) is 37.4. The Kier molecular flexibility index (Phi) is 8.64. The lowest BCUT2D eigenvalue weighted by Crippen LogP contribution is -2.39. The van der Waals surface area contributed by atoms with E-state index in [1.807, 2.05) is 23.4 Å². The zero-order chi connectivity index (χ0) is 31.8. The van der Waals surface area contributed by atoms with Crippen LogP contribution in [0.1, 0.15) is 18.0 Å². The number of carbonyl (C=O) groups excluding carboxylic acids is 2. The van der Waals surface area contributed by atoms with Crippen molar-refractivity contribution in [3.8, 4) is 11.3 Å². The number of halogens is 8. The molecule has 1 fully saturated rings. The Hall–Kier alpha value is -4.09. The lowest BCUT2D eigenvalue weighted by molar-refractivity contribution is -0.193. The van der Waals surface area contributed by atoms with Gasteiger partial charge in [0.15, 0.2) is 11.6 Å². The van der Waals surface area contributed by atoms with Gasteiger partial charge in [-0.05, 0) is 30.5 Å². The lowest BCUT2D eigenvalue weighted by atomic mass is 10.0. The molecular weight excluding hydrogens is 626 g/mol. The Morgan fingerprint density at radius 2 is 1.84 bits per heavy atom. The van der Waals surface area contributed by atoms with Crippen LogP contribution in [0.5, 0.6) is 0 Å². The molecule has 44 heavy (non-hydrogen) atoms. The van der Waals surface area contributed by atoms with Crippen molar-refractivity contribution in [1.29, 1.82) is 0 Å². The summed E-state index contributed by atoms with van der Waals surface area (Å²) in [5.41, 5.74) is 3.31. The van der Waals surface area contributed by atoms with Gasteiger partial charge in [-0.25, -0.2) is 23.7 Å². The number of anilines is 1. The number of carbonyl (C=O) groups is 2. The first-order valence-electron chi connectivity index (χ1n) is 13.0. The van der Waals surface area contributed by atoms with Crippen LogP contribution in [0, 0.1) is 11.7 Å². The fourth-order valence-electron chi connectivity index (χ4n) is 4.99. The number of alkyl halides is 7. The maximum absolute atomic E-state index is 14.7. The van der Waals surface area contributed by atoms with Gasteiger partial charge < -0.3 is 9.88 Å². The zero-order valence-corrected chi connectivity index (χ0v) is 23.1. The topological polar surface area (TPSA) is 110 Å². The van der Waals surface area contributed by atoms with Gasteiger partial charge in [0.2, 0.25) is 0 Å². The highest BCUT2D eigenvalue weighted by atomic mass is 32.2. The molecule has 0 spiro atoms. The molecule has 2 aliphatic rings. The van der Waals surface area contributed by atoms with Crippen LogP contribution >= 0.6 is 11.8 Å². The second kappa shape index (κ2) is 12.1. The molecule has 0 aliphatic carbocycles. The van der Waals surface area contributed by atoms with Gasteiger partial charge in [0.1, 0.15) is 23.7 Å².